The minimum absolute atomic E-state index is 0.185. The maximum Gasteiger partial charge on any atom is 0.223 e. The molecule has 0 aliphatic rings. The number of nitrogens with one attached hydrogen (secondary N) is 1. The number of anilines is 2. The number of nitrogens with zero attached hydrogens (tertiary/aromatic N) is 2. The van der Waals surface area contributed by atoms with Crippen molar-refractivity contribution in [3.8, 4) is 0 Å². The quantitative estimate of drug-likeness (QED) is 0.630. The molecule has 0 bridgehead atoms. The third-order valence-corrected chi connectivity index (χ3v) is 3.13. The fourth-order valence-electron chi connectivity index (χ4n) is 1.34. The van der Waals surface area contributed by atoms with Crippen molar-refractivity contribution in [1.29, 1.82) is 0 Å². The van der Waals surface area contributed by atoms with Crippen molar-refractivity contribution >= 4 is 33.3 Å². The largest absolute Gasteiger partial charge is 0.393 e. The fourth-order valence-corrected chi connectivity index (χ4v) is 2.11. The number of nitrogen functional groups attached to an aromatic ring is 1. The zero-order valence-corrected chi connectivity index (χ0v) is 10.2. The average molecular weight is 254 g/mol. The van der Waals surface area contributed by atoms with Crippen molar-refractivity contribution in [2.75, 3.05) is 24.2 Å². The average Bonchev–Trinajstić information content (AvgIpc) is 2.73. The summed E-state index contributed by atoms with van der Waals surface area (Å²) in [7, 11) is 0. The highest BCUT2D eigenvalue weighted by Gasteiger charge is 2.19. The van der Waals surface area contributed by atoms with Gasteiger partial charge in [-0.05, 0) is 18.4 Å². The molecule has 17 heavy (non-hydrogen) atoms. The van der Waals surface area contributed by atoms with E-state index < -0.39 is 5.60 Å². The standard InChI is InChI=1S/C10H14N4O2S/c1-10(16,5-15)4-12-7-6-2-3-17-8(6)14-9(11)13-7/h2-3,15-16H,4-5H2,1H3,(H3,11,12,13,14). The molecule has 2 aromatic rings. The summed E-state index contributed by atoms with van der Waals surface area (Å²) in [6, 6.07) is 1.88. The first-order valence-electron chi connectivity index (χ1n) is 5.10. The lowest BCUT2D eigenvalue weighted by Gasteiger charge is -2.21. The van der Waals surface area contributed by atoms with Gasteiger partial charge in [0.1, 0.15) is 16.2 Å². The number of aromatic nitrogens is 2. The number of rotatable bonds is 4. The van der Waals surface area contributed by atoms with E-state index in [4.69, 9.17) is 10.8 Å². The van der Waals surface area contributed by atoms with Crippen LogP contribution in [0.3, 0.4) is 0 Å². The summed E-state index contributed by atoms with van der Waals surface area (Å²) in [6.45, 7) is 1.40. The zero-order chi connectivity index (χ0) is 12.5. The molecule has 2 rings (SSSR count). The second kappa shape index (κ2) is 4.44. The number of aliphatic hydroxyl groups is 2. The van der Waals surface area contributed by atoms with E-state index in [0.717, 1.165) is 10.2 Å². The normalized spacial score (nSPS) is 14.8. The van der Waals surface area contributed by atoms with Gasteiger partial charge in [-0.3, -0.25) is 0 Å². The van der Waals surface area contributed by atoms with E-state index in [-0.39, 0.29) is 19.1 Å². The van der Waals surface area contributed by atoms with E-state index >= 15 is 0 Å². The third-order valence-electron chi connectivity index (χ3n) is 2.32. The second-order valence-electron chi connectivity index (χ2n) is 4.08. The van der Waals surface area contributed by atoms with Crippen LogP contribution in [0.4, 0.5) is 11.8 Å². The SMILES string of the molecule is CC(O)(CO)CNc1nc(N)nc2sccc12. The van der Waals surface area contributed by atoms with Crippen LogP contribution in [-0.2, 0) is 0 Å². The minimum atomic E-state index is -1.19. The number of hydrogen-bond acceptors (Lipinski definition) is 7. The zero-order valence-electron chi connectivity index (χ0n) is 9.34. The summed E-state index contributed by atoms with van der Waals surface area (Å²) in [5.41, 5.74) is 4.40. The van der Waals surface area contributed by atoms with Crippen LogP contribution < -0.4 is 11.1 Å². The minimum Gasteiger partial charge on any atom is -0.393 e. The van der Waals surface area contributed by atoms with Crippen molar-refractivity contribution in [3.05, 3.63) is 11.4 Å². The predicted molar refractivity (Wildman–Crippen MR) is 68.0 cm³/mol. The molecule has 0 saturated carbocycles. The van der Waals surface area contributed by atoms with E-state index in [1.165, 1.54) is 18.3 Å². The van der Waals surface area contributed by atoms with Crippen LogP contribution in [0.5, 0.6) is 0 Å². The molecule has 92 valence electrons. The lowest BCUT2D eigenvalue weighted by atomic mass is 10.1. The highest BCUT2D eigenvalue weighted by molar-refractivity contribution is 7.16. The Hall–Kier alpha value is -1.44. The van der Waals surface area contributed by atoms with E-state index in [2.05, 4.69) is 15.3 Å². The summed E-state index contributed by atoms with van der Waals surface area (Å²) < 4.78 is 0. The first-order valence-corrected chi connectivity index (χ1v) is 5.98. The molecule has 2 aromatic heterocycles. The van der Waals surface area contributed by atoms with Crippen LogP contribution in [0.2, 0.25) is 0 Å². The number of thiophene rings is 1. The molecule has 5 N–H and O–H groups in total. The topological polar surface area (TPSA) is 104 Å². The third kappa shape index (κ3) is 2.63. The molecule has 0 saturated heterocycles. The first-order chi connectivity index (χ1) is 8.02. The molecule has 1 unspecified atom stereocenters. The van der Waals surface area contributed by atoms with Crippen LogP contribution in [0.25, 0.3) is 10.2 Å². The fraction of sp³-hybridized carbons (Fsp3) is 0.400. The molecular weight excluding hydrogens is 240 g/mol. The molecular formula is C10H14N4O2S. The highest BCUT2D eigenvalue weighted by Crippen LogP contribution is 2.25. The van der Waals surface area contributed by atoms with Gasteiger partial charge < -0.3 is 21.3 Å². The van der Waals surface area contributed by atoms with Crippen molar-refractivity contribution in [3.63, 3.8) is 0 Å². The molecule has 0 fully saturated rings. The van der Waals surface area contributed by atoms with Gasteiger partial charge in [-0.25, -0.2) is 4.98 Å². The summed E-state index contributed by atoms with van der Waals surface area (Å²) in [5.74, 6) is 0.758. The Morgan fingerprint density at radius 2 is 2.29 bits per heavy atom. The number of fused-ring (bicyclic) bond motifs is 1. The summed E-state index contributed by atoms with van der Waals surface area (Å²) in [6.07, 6.45) is 0. The Bertz CT molecular complexity index is 526. The second-order valence-corrected chi connectivity index (χ2v) is 4.97. The van der Waals surface area contributed by atoms with Gasteiger partial charge in [-0.15, -0.1) is 11.3 Å². The van der Waals surface area contributed by atoms with Crippen molar-refractivity contribution in [1.82, 2.24) is 9.97 Å². The van der Waals surface area contributed by atoms with E-state index in [1.54, 1.807) is 0 Å². The smallest absolute Gasteiger partial charge is 0.223 e. The lowest BCUT2D eigenvalue weighted by molar-refractivity contribution is 0.0132. The molecule has 0 aliphatic heterocycles. The van der Waals surface area contributed by atoms with Gasteiger partial charge in [0.05, 0.1) is 12.0 Å². The van der Waals surface area contributed by atoms with Crippen LogP contribution in [0, 0.1) is 0 Å². The summed E-state index contributed by atoms with van der Waals surface area (Å²) >= 11 is 1.47. The Balaban J connectivity index is 2.26. The number of aliphatic hydroxyl groups excluding tert-OH is 1. The van der Waals surface area contributed by atoms with Gasteiger partial charge in [-0.1, -0.05) is 0 Å². The molecule has 0 amide bonds. The number of hydrogen-bond donors (Lipinski definition) is 4. The molecule has 0 aromatic carbocycles. The van der Waals surface area contributed by atoms with E-state index in [1.807, 2.05) is 11.4 Å². The summed E-state index contributed by atoms with van der Waals surface area (Å²) in [5, 5.41) is 24.4. The monoisotopic (exact) mass is 254 g/mol. The Morgan fingerprint density at radius 3 is 3.00 bits per heavy atom. The van der Waals surface area contributed by atoms with Crippen molar-refractivity contribution < 1.29 is 10.2 Å². The van der Waals surface area contributed by atoms with Crippen LogP contribution in [0.1, 0.15) is 6.92 Å². The van der Waals surface area contributed by atoms with Gasteiger partial charge in [0.15, 0.2) is 0 Å². The Kier molecular flexibility index (Phi) is 3.14. The van der Waals surface area contributed by atoms with E-state index in [9.17, 15) is 5.11 Å². The van der Waals surface area contributed by atoms with Crippen molar-refractivity contribution in [2.45, 2.75) is 12.5 Å². The first kappa shape index (κ1) is 12.0. The molecule has 2 heterocycles. The van der Waals surface area contributed by atoms with Gasteiger partial charge in [-0.2, -0.15) is 4.98 Å². The van der Waals surface area contributed by atoms with Crippen LogP contribution in [-0.4, -0.2) is 38.9 Å². The molecule has 0 radical (unpaired) electrons. The van der Waals surface area contributed by atoms with Gasteiger partial charge in [0.2, 0.25) is 5.95 Å². The molecule has 0 spiro atoms. The summed E-state index contributed by atoms with van der Waals surface area (Å²) in [4.78, 5) is 8.97. The predicted octanol–water partition coefficient (Wildman–Crippen LogP) is 0.429. The van der Waals surface area contributed by atoms with Crippen LogP contribution >= 0.6 is 11.3 Å². The lowest BCUT2D eigenvalue weighted by Crippen LogP contribution is -2.37. The Morgan fingerprint density at radius 1 is 1.53 bits per heavy atom. The van der Waals surface area contributed by atoms with Gasteiger partial charge in [0.25, 0.3) is 0 Å². The molecule has 1 atom stereocenters. The van der Waals surface area contributed by atoms with E-state index in [0.29, 0.717) is 5.82 Å². The molecule has 6 nitrogen and oxygen atoms in total. The molecule has 0 aliphatic carbocycles. The van der Waals surface area contributed by atoms with Crippen molar-refractivity contribution in [2.24, 2.45) is 0 Å². The van der Waals surface area contributed by atoms with Crippen LogP contribution in [0.15, 0.2) is 11.4 Å². The van der Waals surface area contributed by atoms with Gasteiger partial charge in [0, 0.05) is 6.54 Å². The maximum absolute atomic E-state index is 9.69. The highest BCUT2D eigenvalue weighted by atomic mass is 32.1. The Labute approximate surface area is 102 Å². The maximum atomic E-state index is 9.69. The molecule has 7 heteroatoms. The number of nitrogens with two attached hydrogens (primary N) is 1. The van der Waals surface area contributed by atoms with Gasteiger partial charge >= 0.3 is 0 Å².